The van der Waals surface area contributed by atoms with Crippen LogP contribution in [0.15, 0.2) is 17.6 Å². The Balaban J connectivity index is 2.05. The van der Waals surface area contributed by atoms with Crippen LogP contribution < -0.4 is 5.32 Å². The average molecular weight is 293 g/mol. The molecule has 0 aliphatic rings. The second kappa shape index (κ2) is 5.78. The van der Waals surface area contributed by atoms with E-state index in [1.54, 1.807) is 10.9 Å². The fourth-order valence-corrected chi connectivity index (χ4v) is 2.45. The summed E-state index contributed by atoms with van der Waals surface area (Å²) in [6, 6.07) is 0. The molecule has 0 aromatic carbocycles. The first-order valence-corrected chi connectivity index (χ1v) is 7.48. The summed E-state index contributed by atoms with van der Waals surface area (Å²) in [5.41, 5.74) is 0.601. The van der Waals surface area contributed by atoms with Crippen LogP contribution in [0, 0.1) is 0 Å². The van der Waals surface area contributed by atoms with Crippen LogP contribution in [0.5, 0.6) is 0 Å². The lowest BCUT2D eigenvalue weighted by Gasteiger charge is -2.24. The maximum absolute atomic E-state index is 11.9. The number of carbonyl (C=O) groups is 1. The number of hydrogen-bond acceptors (Lipinski definition) is 5. The Hall–Kier alpha value is -1.63. The van der Waals surface area contributed by atoms with Crippen LogP contribution >= 0.6 is 11.8 Å². The minimum Gasteiger partial charge on any atom is -0.351 e. The molecule has 1 N–H and O–H groups in total. The fraction of sp³-hybridized carbons (Fsp3) is 0.538. The Morgan fingerprint density at radius 1 is 1.45 bits per heavy atom. The largest absolute Gasteiger partial charge is 0.351 e. The molecule has 0 atom stereocenters. The average Bonchev–Trinajstić information content (AvgIpc) is 2.78. The van der Waals surface area contributed by atoms with Crippen molar-refractivity contribution in [1.82, 2.24) is 25.1 Å². The second-order valence-electron chi connectivity index (χ2n) is 5.26. The molecule has 0 aliphatic carbocycles. The van der Waals surface area contributed by atoms with Gasteiger partial charge in [0.1, 0.15) is 11.4 Å². The first kappa shape index (κ1) is 14.8. The summed E-state index contributed by atoms with van der Waals surface area (Å²) in [4.78, 5) is 20.3. The van der Waals surface area contributed by atoms with E-state index in [1.165, 1.54) is 18.1 Å². The third-order valence-corrected chi connectivity index (χ3v) is 4.20. The third kappa shape index (κ3) is 3.27. The number of nitrogens with zero attached hydrogens (tertiary/aromatic N) is 4. The van der Waals surface area contributed by atoms with Crippen LogP contribution in [-0.2, 0) is 11.8 Å². The zero-order chi connectivity index (χ0) is 14.8. The number of aryl methyl sites for hydroxylation is 1. The highest BCUT2D eigenvalue weighted by Crippen LogP contribution is 2.23. The molecule has 1 amide bonds. The molecule has 20 heavy (non-hydrogen) atoms. The quantitative estimate of drug-likeness (QED) is 0.672. The number of hydrogen-bond donors (Lipinski definition) is 1. The highest BCUT2D eigenvalue weighted by atomic mass is 32.2. The zero-order valence-electron chi connectivity index (χ0n) is 12.2. The topological polar surface area (TPSA) is 72.7 Å². The van der Waals surface area contributed by atoms with Crippen molar-refractivity contribution in [1.29, 1.82) is 0 Å². The standard InChI is InChI=1S/C13H19N5OS/c1-5-13(2,3)17-10(19)7-20-12-9-6-16-18(4)11(9)14-8-15-12/h6,8H,5,7H2,1-4H3,(H,17,19). The van der Waals surface area contributed by atoms with Gasteiger partial charge in [-0.15, -0.1) is 0 Å². The SMILES string of the molecule is CCC(C)(C)NC(=O)CSc1ncnc2c1cnn2C. The van der Waals surface area contributed by atoms with Gasteiger partial charge < -0.3 is 5.32 Å². The van der Waals surface area contributed by atoms with Crippen molar-refractivity contribution in [3.05, 3.63) is 12.5 Å². The Bertz CT molecular complexity index is 622. The number of fused-ring (bicyclic) bond motifs is 1. The van der Waals surface area contributed by atoms with Gasteiger partial charge in [-0.05, 0) is 20.3 Å². The predicted molar refractivity (Wildman–Crippen MR) is 79.5 cm³/mol. The molecule has 0 saturated heterocycles. The van der Waals surface area contributed by atoms with Crippen LogP contribution in [-0.4, -0.2) is 36.9 Å². The van der Waals surface area contributed by atoms with Gasteiger partial charge in [0.2, 0.25) is 5.91 Å². The van der Waals surface area contributed by atoms with Gasteiger partial charge in [0.15, 0.2) is 5.65 Å². The van der Waals surface area contributed by atoms with Crippen LogP contribution in [0.3, 0.4) is 0 Å². The summed E-state index contributed by atoms with van der Waals surface area (Å²) in [6.07, 6.45) is 4.12. The number of rotatable bonds is 5. The molecular formula is C13H19N5OS. The second-order valence-corrected chi connectivity index (χ2v) is 6.22. The molecule has 2 aromatic heterocycles. The molecule has 0 unspecified atom stereocenters. The van der Waals surface area contributed by atoms with E-state index < -0.39 is 0 Å². The molecule has 2 aromatic rings. The van der Waals surface area contributed by atoms with Gasteiger partial charge >= 0.3 is 0 Å². The van der Waals surface area contributed by atoms with Crippen molar-refractivity contribution in [2.24, 2.45) is 7.05 Å². The summed E-state index contributed by atoms with van der Waals surface area (Å²) < 4.78 is 1.70. The molecule has 0 saturated carbocycles. The van der Waals surface area contributed by atoms with Gasteiger partial charge in [-0.1, -0.05) is 18.7 Å². The first-order valence-electron chi connectivity index (χ1n) is 6.49. The van der Waals surface area contributed by atoms with Gasteiger partial charge in [0.25, 0.3) is 0 Å². The highest BCUT2D eigenvalue weighted by Gasteiger charge is 2.18. The third-order valence-electron chi connectivity index (χ3n) is 3.19. The molecule has 7 heteroatoms. The van der Waals surface area contributed by atoms with E-state index in [2.05, 4.69) is 27.3 Å². The Morgan fingerprint density at radius 3 is 2.90 bits per heavy atom. The molecular weight excluding hydrogens is 274 g/mol. The summed E-state index contributed by atoms with van der Waals surface area (Å²) in [5.74, 6) is 0.349. The molecule has 0 radical (unpaired) electrons. The van der Waals surface area contributed by atoms with E-state index in [0.717, 1.165) is 22.5 Å². The van der Waals surface area contributed by atoms with Crippen molar-refractivity contribution in [3.63, 3.8) is 0 Å². The Kier molecular flexibility index (Phi) is 4.27. The van der Waals surface area contributed by atoms with Crippen LogP contribution in [0.2, 0.25) is 0 Å². The minimum absolute atomic E-state index is 0.0116. The van der Waals surface area contributed by atoms with E-state index in [1.807, 2.05) is 20.9 Å². The number of thioether (sulfide) groups is 1. The van der Waals surface area contributed by atoms with Gasteiger partial charge in [-0.3, -0.25) is 9.48 Å². The predicted octanol–water partition coefficient (Wildman–Crippen LogP) is 1.76. The van der Waals surface area contributed by atoms with Crippen LogP contribution in [0.4, 0.5) is 0 Å². The Morgan fingerprint density at radius 2 is 2.20 bits per heavy atom. The molecule has 108 valence electrons. The smallest absolute Gasteiger partial charge is 0.230 e. The molecule has 0 bridgehead atoms. The number of nitrogens with one attached hydrogen (secondary N) is 1. The molecule has 2 rings (SSSR count). The van der Waals surface area contributed by atoms with Crippen molar-refractivity contribution < 1.29 is 4.79 Å². The van der Waals surface area contributed by atoms with Crippen LogP contribution in [0.25, 0.3) is 11.0 Å². The number of aromatic nitrogens is 4. The number of carbonyl (C=O) groups excluding carboxylic acids is 1. The maximum Gasteiger partial charge on any atom is 0.230 e. The lowest BCUT2D eigenvalue weighted by molar-refractivity contribution is -0.120. The van der Waals surface area contributed by atoms with Gasteiger partial charge in [-0.25, -0.2) is 9.97 Å². The van der Waals surface area contributed by atoms with E-state index >= 15 is 0 Å². The monoisotopic (exact) mass is 293 g/mol. The Labute approximate surface area is 122 Å². The summed E-state index contributed by atoms with van der Waals surface area (Å²) in [7, 11) is 1.83. The van der Waals surface area contributed by atoms with Gasteiger partial charge in [0.05, 0.1) is 17.3 Å². The number of amides is 1. The zero-order valence-corrected chi connectivity index (χ0v) is 13.0. The molecule has 0 spiro atoms. The van der Waals surface area contributed by atoms with Gasteiger partial charge in [0, 0.05) is 12.6 Å². The van der Waals surface area contributed by atoms with Gasteiger partial charge in [-0.2, -0.15) is 5.10 Å². The molecule has 0 fully saturated rings. The van der Waals surface area contributed by atoms with E-state index in [4.69, 9.17) is 0 Å². The minimum atomic E-state index is -0.174. The fourth-order valence-electron chi connectivity index (χ4n) is 1.69. The highest BCUT2D eigenvalue weighted by molar-refractivity contribution is 8.00. The molecule has 6 nitrogen and oxygen atoms in total. The van der Waals surface area contributed by atoms with E-state index in [9.17, 15) is 4.79 Å². The summed E-state index contributed by atoms with van der Waals surface area (Å²) in [6.45, 7) is 6.08. The summed E-state index contributed by atoms with van der Waals surface area (Å²) >= 11 is 1.41. The normalized spacial score (nSPS) is 11.8. The van der Waals surface area contributed by atoms with Crippen molar-refractivity contribution in [2.75, 3.05) is 5.75 Å². The lowest BCUT2D eigenvalue weighted by Crippen LogP contribution is -2.43. The van der Waals surface area contributed by atoms with E-state index in [-0.39, 0.29) is 11.4 Å². The van der Waals surface area contributed by atoms with Crippen LogP contribution in [0.1, 0.15) is 27.2 Å². The van der Waals surface area contributed by atoms with Crippen molar-refractivity contribution in [3.8, 4) is 0 Å². The van der Waals surface area contributed by atoms with Crippen molar-refractivity contribution >= 4 is 28.7 Å². The summed E-state index contributed by atoms with van der Waals surface area (Å²) in [5, 5.41) is 8.82. The molecule has 0 aliphatic heterocycles. The first-order chi connectivity index (χ1) is 9.43. The molecule has 2 heterocycles. The van der Waals surface area contributed by atoms with E-state index in [0.29, 0.717) is 5.75 Å². The van der Waals surface area contributed by atoms with Crippen molar-refractivity contribution in [2.45, 2.75) is 37.8 Å². The lowest BCUT2D eigenvalue weighted by atomic mass is 10.0. The maximum atomic E-state index is 11.9.